The van der Waals surface area contributed by atoms with Gasteiger partial charge in [-0.05, 0) is 18.2 Å². The van der Waals surface area contributed by atoms with Crippen LogP contribution in [-0.2, 0) is 4.74 Å². The number of ether oxygens (including phenoxy) is 1. The molecule has 0 unspecified atom stereocenters. The molecular formula is C11H7Cl2FN2O2. The lowest BCUT2D eigenvalue weighted by atomic mass is 10.1. The minimum absolute atomic E-state index is 0.129. The fraction of sp³-hybridized carbons (Fsp3) is 0.0909. The van der Waals surface area contributed by atoms with E-state index >= 15 is 0 Å². The molecule has 18 heavy (non-hydrogen) atoms. The van der Waals surface area contributed by atoms with Crippen molar-refractivity contribution in [2.24, 2.45) is 0 Å². The zero-order valence-electron chi connectivity index (χ0n) is 9.13. The molecule has 0 aliphatic heterocycles. The zero-order valence-corrected chi connectivity index (χ0v) is 10.6. The van der Waals surface area contributed by atoms with Gasteiger partial charge in [0, 0.05) is 5.56 Å². The summed E-state index contributed by atoms with van der Waals surface area (Å²) in [5.74, 6) is -1.20. The number of aromatic amines is 1. The molecule has 0 saturated heterocycles. The Labute approximate surface area is 112 Å². The first-order valence-electron chi connectivity index (χ1n) is 4.82. The van der Waals surface area contributed by atoms with E-state index in [9.17, 15) is 9.18 Å². The second-order valence-corrected chi connectivity index (χ2v) is 4.16. The van der Waals surface area contributed by atoms with E-state index in [2.05, 4.69) is 14.9 Å². The van der Waals surface area contributed by atoms with Crippen molar-refractivity contribution in [3.05, 3.63) is 39.8 Å². The Bertz CT molecular complexity index is 613. The van der Waals surface area contributed by atoms with Crippen molar-refractivity contribution < 1.29 is 13.9 Å². The van der Waals surface area contributed by atoms with Crippen LogP contribution >= 0.6 is 23.2 Å². The third-order valence-electron chi connectivity index (χ3n) is 2.28. The lowest BCUT2D eigenvalue weighted by Gasteiger charge is -2.04. The van der Waals surface area contributed by atoms with Crippen LogP contribution < -0.4 is 0 Å². The number of carbonyl (C=O) groups excluding carboxylic acids is 1. The van der Waals surface area contributed by atoms with Crippen LogP contribution in [0.2, 0.25) is 10.0 Å². The molecule has 94 valence electrons. The number of rotatable bonds is 2. The molecule has 1 aromatic carbocycles. The average molecular weight is 289 g/mol. The Morgan fingerprint density at radius 3 is 2.83 bits per heavy atom. The Hall–Kier alpha value is -1.59. The van der Waals surface area contributed by atoms with Gasteiger partial charge in [0.15, 0.2) is 0 Å². The molecule has 1 aromatic heterocycles. The van der Waals surface area contributed by atoms with E-state index in [-0.39, 0.29) is 27.0 Å². The van der Waals surface area contributed by atoms with Gasteiger partial charge < -0.3 is 4.74 Å². The maximum atomic E-state index is 13.4. The topological polar surface area (TPSA) is 55.0 Å². The molecule has 1 N–H and O–H groups in total. The first-order valence-corrected chi connectivity index (χ1v) is 5.57. The van der Waals surface area contributed by atoms with Gasteiger partial charge in [-0.3, -0.25) is 5.10 Å². The number of carbonyl (C=O) groups is 1. The van der Waals surface area contributed by atoms with Gasteiger partial charge in [-0.15, -0.1) is 0 Å². The first kappa shape index (κ1) is 12.9. The molecule has 0 aliphatic rings. The smallest absolute Gasteiger partial charge is 0.356 e. The maximum absolute atomic E-state index is 13.4. The number of aromatic nitrogens is 2. The standard InChI is InChI=1S/C11H7Cl2FN2O2/c1-18-11(17)8-4-7(15-16-8)9-5(12)2-3-6(14)10(9)13/h2-4H,1H3,(H,15,16). The number of hydrogen-bond donors (Lipinski definition) is 1. The van der Waals surface area contributed by atoms with E-state index in [1.807, 2.05) is 0 Å². The normalized spacial score (nSPS) is 10.4. The number of benzene rings is 1. The summed E-state index contributed by atoms with van der Waals surface area (Å²) in [6, 6.07) is 3.91. The van der Waals surface area contributed by atoms with Gasteiger partial charge in [0.25, 0.3) is 0 Å². The molecule has 0 fully saturated rings. The number of nitrogens with one attached hydrogen (secondary N) is 1. The Balaban J connectivity index is 2.53. The maximum Gasteiger partial charge on any atom is 0.356 e. The lowest BCUT2D eigenvalue weighted by molar-refractivity contribution is 0.0594. The van der Waals surface area contributed by atoms with Crippen LogP contribution in [0.4, 0.5) is 4.39 Å². The highest BCUT2D eigenvalue weighted by Gasteiger charge is 2.17. The van der Waals surface area contributed by atoms with Crippen LogP contribution in [0.3, 0.4) is 0 Å². The number of methoxy groups -OCH3 is 1. The summed E-state index contributed by atoms with van der Waals surface area (Å²) in [7, 11) is 1.24. The van der Waals surface area contributed by atoms with Crippen molar-refractivity contribution in [1.29, 1.82) is 0 Å². The van der Waals surface area contributed by atoms with Crippen molar-refractivity contribution in [2.45, 2.75) is 0 Å². The number of nitrogens with zero attached hydrogens (tertiary/aromatic N) is 1. The molecule has 0 saturated carbocycles. The molecule has 2 rings (SSSR count). The fourth-order valence-electron chi connectivity index (χ4n) is 1.43. The molecule has 0 aliphatic carbocycles. The minimum Gasteiger partial charge on any atom is -0.464 e. The van der Waals surface area contributed by atoms with Crippen molar-refractivity contribution in [2.75, 3.05) is 7.11 Å². The van der Waals surface area contributed by atoms with Crippen molar-refractivity contribution >= 4 is 29.2 Å². The largest absolute Gasteiger partial charge is 0.464 e. The first-order chi connectivity index (χ1) is 8.54. The second kappa shape index (κ2) is 4.96. The molecule has 0 amide bonds. The fourth-order valence-corrected chi connectivity index (χ4v) is 1.99. The molecule has 0 atom stereocenters. The third kappa shape index (κ3) is 2.19. The summed E-state index contributed by atoms with van der Waals surface area (Å²) >= 11 is 11.8. The van der Waals surface area contributed by atoms with E-state index in [0.29, 0.717) is 0 Å². The highest BCUT2D eigenvalue weighted by atomic mass is 35.5. The van der Waals surface area contributed by atoms with Crippen molar-refractivity contribution in [3.63, 3.8) is 0 Å². The van der Waals surface area contributed by atoms with Gasteiger partial charge in [0.05, 0.1) is 22.8 Å². The van der Waals surface area contributed by atoms with E-state index in [0.717, 1.165) is 6.07 Å². The van der Waals surface area contributed by atoms with Crippen LogP contribution in [0, 0.1) is 5.82 Å². The van der Waals surface area contributed by atoms with Crippen molar-refractivity contribution in [1.82, 2.24) is 10.2 Å². The van der Waals surface area contributed by atoms with Crippen LogP contribution in [0.5, 0.6) is 0 Å². The predicted molar refractivity (Wildman–Crippen MR) is 65.3 cm³/mol. The van der Waals surface area contributed by atoms with Gasteiger partial charge in [0.2, 0.25) is 0 Å². The Morgan fingerprint density at radius 2 is 2.17 bits per heavy atom. The number of halogens is 3. The van der Waals surface area contributed by atoms with E-state index in [1.165, 1.54) is 19.2 Å². The highest BCUT2D eigenvalue weighted by molar-refractivity contribution is 6.39. The molecule has 0 radical (unpaired) electrons. The molecule has 0 bridgehead atoms. The van der Waals surface area contributed by atoms with Crippen LogP contribution in [0.1, 0.15) is 10.5 Å². The Morgan fingerprint density at radius 1 is 1.44 bits per heavy atom. The highest BCUT2D eigenvalue weighted by Crippen LogP contribution is 2.35. The van der Waals surface area contributed by atoms with Crippen molar-refractivity contribution in [3.8, 4) is 11.3 Å². The van der Waals surface area contributed by atoms with Gasteiger partial charge in [-0.1, -0.05) is 23.2 Å². The second-order valence-electron chi connectivity index (χ2n) is 3.38. The van der Waals surface area contributed by atoms with Gasteiger partial charge in [-0.2, -0.15) is 5.10 Å². The van der Waals surface area contributed by atoms with E-state index in [4.69, 9.17) is 23.2 Å². The summed E-state index contributed by atoms with van der Waals surface area (Å²) in [5.41, 5.74) is 0.624. The van der Waals surface area contributed by atoms with E-state index < -0.39 is 11.8 Å². The Kier molecular flexibility index (Phi) is 3.54. The summed E-state index contributed by atoms with van der Waals surface area (Å²) in [6.07, 6.45) is 0. The molecule has 7 heteroatoms. The average Bonchev–Trinajstić information content (AvgIpc) is 2.83. The van der Waals surface area contributed by atoms with Crippen LogP contribution in [-0.4, -0.2) is 23.3 Å². The molecule has 4 nitrogen and oxygen atoms in total. The SMILES string of the molecule is COC(=O)c1cc(-c2c(Cl)ccc(F)c2Cl)n[nH]1. The number of esters is 1. The third-order valence-corrected chi connectivity index (χ3v) is 2.97. The zero-order chi connectivity index (χ0) is 13.3. The monoisotopic (exact) mass is 288 g/mol. The lowest BCUT2D eigenvalue weighted by Crippen LogP contribution is -2.00. The summed E-state index contributed by atoms with van der Waals surface area (Å²) in [6.45, 7) is 0. The number of H-pyrrole nitrogens is 1. The van der Waals surface area contributed by atoms with Gasteiger partial charge >= 0.3 is 5.97 Å². The van der Waals surface area contributed by atoms with Gasteiger partial charge in [-0.25, -0.2) is 9.18 Å². The number of hydrogen-bond acceptors (Lipinski definition) is 3. The summed E-state index contributed by atoms with van der Waals surface area (Å²) in [5, 5.41) is 6.41. The summed E-state index contributed by atoms with van der Waals surface area (Å²) in [4.78, 5) is 11.3. The minimum atomic E-state index is -0.612. The van der Waals surface area contributed by atoms with Gasteiger partial charge in [0.1, 0.15) is 11.5 Å². The van der Waals surface area contributed by atoms with Crippen LogP contribution in [0.25, 0.3) is 11.3 Å². The van der Waals surface area contributed by atoms with E-state index in [1.54, 1.807) is 0 Å². The molecular weight excluding hydrogens is 282 g/mol. The quantitative estimate of drug-likeness (QED) is 0.681. The molecule has 0 spiro atoms. The predicted octanol–water partition coefficient (Wildman–Crippen LogP) is 3.31. The molecule has 1 heterocycles. The summed E-state index contributed by atoms with van der Waals surface area (Å²) < 4.78 is 17.9. The molecule has 2 aromatic rings. The van der Waals surface area contributed by atoms with Crippen LogP contribution in [0.15, 0.2) is 18.2 Å².